The van der Waals surface area contributed by atoms with Gasteiger partial charge in [0, 0.05) is 33.5 Å². The molecule has 0 aliphatic carbocycles. The summed E-state index contributed by atoms with van der Waals surface area (Å²) in [5, 5.41) is 28.0. The van der Waals surface area contributed by atoms with Gasteiger partial charge < -0.3 is 9.80 Å². The number of nitrogens with zero attached hydrogens (tertiary/aromatic N) is 4. The molecule has 0 saturated carbocycles. The van der Waals surface area contributed by atoms with Crippen LogP contribution in [0.1, 0.15) is 11.1 Å². The van der Waals surface area contributed by atoms with Crippen molar-refractivity contribution >= 4 is 79.7 Å². The van der Waals surface area contributed by atoms with Gasteiger partial charge in [0.2, 0.25) is 0 Å². The molecule has 0 aromatic heterocycles. The third-order valence-electron chi connectivity index (χ3n) is 9.57. The van der Waals surface area contributed by atoms with Gasteiger partial charge in [0.15, 0.2) is 0 Å². The maximum atomic E-state index is 9.85. The zero-order valence-corrected chi connectivity index (χ0v) is 29.2. The molecule has 5 heteroatoms. The standard InChI is InChI=1S/C45H34N4Si/c1-50(2,3)39-21-19-36(20-22-39)49(38-14-8-10-32(28-38)30-47)43-26-18-34-15-23-40-42(25-17-33-16-24-41(43)45(34)44(33)40)48(35-11-5-4-6-12-35)37-13-7-9-31(27-37)29-46/h4-28H,1-3H3. The molecule has 238 valence electrons. The SMILES string of the molecule is C[Si](C)(C)c1ccc(N(c2cccc(C#N)c2)c2ccc3ccc4c(N(c5ccccc5)c5cccc(C#N)c5)ccc5ccc2c3c54)cc1. The molecule has 0 unspecified atom stereocenters. The Balaban J connectivity index is 1.39. The maximum absolute atomic E-state index is 9.85. The topological polar surface area (TPSA) is 54.1 Å². The number of hydrogen-bond acceptors (Lipinski definition) is 4. The molecule has 8 aromatic carbocycles. The Kier molecular flexibility index (Phi) is 7.56. The molecule has 0 bridgehead atoms. The Morgan fingerprint density at radius 3 is 1.34 bits per heavy atom. The van der Waals surface area contributed by atoms with Crippen LogP contribution in [-0.2, 0) is 0 Å². The fourth-order valence-electron chi connectivity index (χ4n) is 7.13. The maximum Gasteiger partial charge on any atom is 0.0992 e. The molecule has 0 N–H and O–H groups in total. The van der Waals surface area contributed by atoms with E-state index in [0.29, 0.717) is 11.1 Å². The van der Waals surface area contributed by atoms with Crippen molar-refractivity contribution in [3.05, 3.63) is 163 Å². The lowest BCUT2D eigenvalue weighted by Gasteiger charge is -2.29. The van der Waals surface area contributed by atoms with Gasteiger partial charge in [-0.15, -0.1) is 0 Å². The normalized spacial score (nSPS) is 11.5. The second-order valence-corrected chi connectivity index (χ2v) is 18.8. The van der Waals surface area contributed by atoms with Gasteiger partial charge >= 0.3 is 0 Å². The number of benzene rings is 8. The Labute approximate surface area is 293 Å². The molecule has 0 amide bonds. The van der Waals surface area contributed by atoms with Crippen molar-refractivity contribution in [2.45, 2.75) is 19.6 Å². The molecule has 0 heterocycles. The number of anilines is 6. The molecule has 0 saturated heterocycles. The molecule has 0 atom stereocenters. The van der Waals surface area contributed by atoms with Crippen molar-refractivity contribution in [3.8, 4) is 12.1 Å². The number of nitriles is 2. The number of hydrogen-bond donors (Lipinski definition) is 0. The fourth-order valence-corrected chi connectivity index (χ4v) is 8.30. The fraction of sp³-hybridized carbons (Fsp3) is 0.0667. The van der Waals surface area contributed by atoms with Crippen molar-refractivity contribution in [1.29, 1.82) is 10.5 Å². The van der Waals surface area contributed by atoms with Crippen LogP contribution in [0, 0.1) is 22.7 Å². The molecule has 0 spiro atoms. The van der Waals surface area contributed by atoms with Crippen LogP contribution in [-0.4, -0.2) is 8.07 Å². The minimum Gasteiger partial charge on any atom is -0.310 e. The largest absolute Gasteiger partial charge is 0.310 e. The van der Waals surface area contributed by atoms with Crippen LogP contribution in [0.3, 0.4) is 0 Å². The van der Waals surface area contributed by atoms with Crippen molar-refractivity contribution in [2.24, 2.45) is 0 Å². The lowest BCUT2D eigenvalue weighted by atomic mass is 9.91. The summed E-state index contributed by atoms with van der Waals surface area (Å²) in [5.41, 5.74) is 7.26. The number of para-hydroxylation sites is 1. The highest BCUT2D eigenvalue weighted by molar-refractivity contribution is 6.88. The molecular formula is C45H34N4Si. The van der Waals surface area contributed by atoms with Crippen molar-refractivity contribution in [1.82, 2.24) is 0 Å². The van der Waals surface area contributed by atoms with Gasteiger partial charge in [-0.25, -0.2) is 0 Å². The van der Waals surface area contributed by atoms with E-state index in [0.717, 1.165) is 55.7 Å². The Morgan fingerprint density at radius 2 is 0.880 bits per heavy atom. The summed E-state index contributed by atoms with van der Waals surface area (Å²) in [6.45, 7) is 7.10. The Hall–Kier alpha value is -6.40. The average molecular weight is 659 g/mol. The highest BCUT2D eigenvalue weighted by Crippen LogP contribution is 2.47. The monoisotopic (exact) mass is 658 g/mol. The van der Waals surface area contributed by atoms with Crippen LogP contribution in [0.2, 0.25) is 19.6 Å². The summed E-state index contributed by atoms with van der Waals surface area (Å²) in [6.07, 6.45) is 0. The summed E-state index contributed by atoms with van der Waals surface area (Å²) >= 11 is 0. The minimum absolute atomic E-state index is 0.615. The zero-order chi connectivity index (χ0) is 34.4. The van der Waals surface area contributed by atoms with E-state index in [1.807, 2.05) is 54.6 Å². The molecule has 50 heavy (non-hydrogen) atoms. The Morgan fingerprint density at radius 1 is 0.440 bits per heavy atom. The van der Waals surface area contributed by atoms with E-state index >= 15 is 0 Å². The summed E-state index contributed by atoms with van der Waals surface area (Å²) < 4.78 is 0. The van der Waals surface area contributed by atoms with E-state index in [4.69, 9.17) is 0 Å². The van der Waals surface area contributed by atoms with E-state index in [2.05, 4.69) is 139 Å². The first kappa shape index (κ1) is 30.9. The van der Waals surface area contributed by atoms with Crippen molar-refractivity contribution in [2.75, 3.05) is 9.80 Å². The van der Waals surface area contributed by atoms with Gasteiger partial charge in [0.25, 0.3) is 0 Å². The van der Waals surface area contributed by atoms with E-state index in [-0.39, 0.29) is 0 Å². The summed E-state index contributed by atoms with van der Waals surface area (Å²) in [7, 11) is -1.50. The van der Waals surface area contributed by atoms with Crippen LogP contribution in [0.5, 0.6) is 0 Å². The first-order valence-electron chi connectivity index (χ1n) is 16.8. The smallest absolute Gasteiger partial charge is 0.0992 e. The highest BCUT2D eigenvalue weighted by Gasteiger charge is 2.23. The molecule has 4 nitrogen and oxygen atoms in total. The summed E-state index contributed by atoms with van der Waals surface area (Å²) in [4.78, 5) is 4.53. The molecule has 0 radical (unpaired) electrons. The van der Waals surface area contributed by atoms with Gasteiger partial charge in [-0.2, -0.15) is 10.5 Å². The summed E-state index contributed by atoms with van der Waals surface area (Å²) in [6, 6.07) is 57.3. The van der Waals surface area contributed by atoms with Crippen molar-refractivity contribution < 1.29 is 0 Å². The van der Waals surface area contributed by atoms with Gasteiger partial charge in [0.05, 0.1) is 42.7 Å². The minimum atomic E-state index is -1.50. The molecule has 0 fully saturated rings. The number of rotatable bonds is 7. The molecule has 0 aliphatic heterocycles. The first-order chi connectivity index (χ1) is 24.3. The van der Waals surface area contributed by atoms with Gasteiger partial charge in [-0.3, -0.25) is 0 Å². The third kappa shape index (κ3) is 5.31. The molecule has 8 aromatic rings. The zero-order valence-electron chi connectivity index (χ0n) is 28.2. The highest BCUT2D eigenvalue weighted by atomic mass is 28.3. The lowest BCUT2D eigenvalue weighted by molar-refractivity contribution is 1.29. The van der Waals surface area contributed by atoms with E-state index in [1.165, 1.54) is 16.0 Å². The Bertz CT molecular complexity index is 2610. The van der Waals surface area contributed by atoms with Gasteiger partial charge in [-0.05, 0) is 94.3 Å². The van der Waals surface area contributed by atoms with Crippen molar-refractivity contribution in [3.63, 3.8) is 0 Å². The second kappa shape index (κ2) is 12.2. The first-order valence-corrected chi connectivity index (χ1v) is 20.3. The quantitative estimate of drug-likeness (QED) is 0.126. The summed E-state index contributed by atoms with van der Waals surface area (Å²) in [5.74, 6) is 0. The predicted octanol–water partition coefficient (Wildman–Crippen LogP) is 11.8. The van der Waals surface area contributed by atoms with E-state index in [1.54, 1.807) is 0 Å². The van der Waals surface area contributed by atoms with Gasteiger partial charge in [-0.1, -0.05) is 104 Å². The van der Waals surface area contributed by atoms with Crippen LogP contribution in [0.25, 0.3) is 32.3 Å². The van der Waals surface area contributed by atoms with E-state index < -0.39 is 8.07 Å². The van der Waals surface area contributed by atoms with E-state index in [9.17, 15) is 10.5 Å². The van der Waals surface area contributed by atoms with Crippen LogP contribution in [0.4, 0.5) is 34.1 Å². The van der Waals surface area contributed by atoms with Gasteiger partial charge in [0.1, 0.15) is 0 Å². The predicted molar refractivity (Wildman–Crippen MR) is 212 cm³/mol. The second-order valence-electron chi connectivity index (χ2n) is 13.7. The molecule has 8 rings (SSSR count). The average Bonchev–Trinajstić information content (AvgIpc) is 3.15. The van der Waals surface area contributed by atoms with Crippen LogP contribution >= 0.6 is 0 Å². The van der Waals surface area contributed by atoms with Crippen LogP contribution in [0.15, 0.2) is 152 Å². The van der Waals surface area contributed by atoms with Crippen LogP contribution < -0.4 is 15.0 Å². The molecule has 0 aliphatic rings. The third-order valence-corrected chi connectivity index (χ3v) is 11.6. The lowest BCUT2D eigenvalue weighted by Crippen LogP contribution is -2.37. The molecular weight excluding hydrogens is 625 g/mol.